The topological polar surface area (TPSA) is 99.8 Å². The number of furan rings is 1. The van der Waals surface area contributed by atoms with E-state index in [-0.39, 0.29) is 17.4 Å². The summed E-state index contributed by atoms with van der Waals surface area (Å²) in [5.41, 5.74) is 5.12. The first-order valence-electron chi connectivity index (χ1n) is 11.3. The number of amides is 1. The SMILES string of the molecule is CCC(C)C(c1ccc(-c2ccc(O)c(NC(=O)CC(=O)O)c2)cc1)c1coc2ccccc12. The number of hydrogen-bond acceptors (Lipinski definition) is 4. The van der Waals surface area contributed by atoms with Crippen LogP contribution in [0.2, 0.25) is 0 Å². The normalized spacial score (nSPS) is 12.9. The van der Waals surface area contributed by atoms with Crippen LogP contribution in [0, 0.1) is 5.92 Å². The fourth-order valence-electron chi connectivity index (χ4n) is 4.32. The van der Waals surface area contributed by atoms with Crippen molar-refractivity contribution in [3.63, 3.8) is 0 Å². The largest absolute Gasteiger partial charge is 0.506 e. The molecule has 0 radical (unpaired) electrons. The first-order chi connectivity index (χ1) is 16.4. The van der Waals surface area contributed by atoms with E-state index >= 15 is 0 Å². The molecule has 2 unspecified atom stereocenters. The maximum absolute atomic E-state index is 11.8. The highest BCUT2D eigenvalue weighted by atomic mass is 16.4. The quantitative estimate of drug-likeness (QED) is 0.210. The van der Waals surface area contributed by atoms with Gasteiger partial charge >= 0.3 is 5.97 Å². The van der Waals surface area contributed by atoms with E-state index in [4.69, 9.17) is 9.52 Å². The number of carboxylic acid groups (broad SMARTS) is 1. The van der Waals surface area contributed by atoms with Crippen molar-refractivity contribution in [1.29, 1.82) is 0 Å². The van der Waals surface area contributed by atoms with Crippen LogP contribution in [-0.2, 0) is 9.59 Å². The van der Waals surface area contributed by atoms with E-state index in [1.165, 1.54) is 17.2 Å². The second-order valence-electron chi connectivity index (χ2n) is 8.52. The lowest BCUT2D eigenvalue weighted by Gasteiger charge is -2.23. The third kappa shape index (κ3) is 4.81. The number of rotatable bonds is 8. The lowest BCUT2D eigenvalue weighted by atomic mass is 9.80. The molecule has 1 aromatic heterocycles. The number of carbonyl (C=O) groups excluding carboxylic acids is 1. The number of nitrogens with one attached hydrogen (secondary N) is 1. The molecule has 6 nitrogen and oxygen atoms in total. The summed E-state index contributed by atoms with van der Waals surface area (Å²) < 4.78 is 5.82. The van der Waals surface area contributed by atoms with Gasteiger partial charge in [0.1, 0.15) is 17.8 Å². The van der Waals surface area contributed by atoms with Gasteiger partial charge in [0.05, 0.1) is 12.0 Å². The van der Waals surface area contributed by atoms with Gasteiger partial charge in [0.25, 0.3) is 0 Å². The Balaban J connectivity index is 1.65. The highest BCUT2D eigenvalue weighted by Gasteiger charge is 2.24. The molecule has 2 atom stereocenters. The third-order valence-electron chi connectivity index (χ3n) is 6.24. The molecular formula is C28H27NO5. The number of fused-ring (bicyclic) bond motifs is 1. The predicted molar refractivity (Wildman–Crippen MR) is 132 cm³/mol. The summed E-state index contributed by atoms with van der Waals surface area (Å²) in [6.45, 7) is 4.43. The van der Waals surface area contributed by atoms with E-state index in [0.29, 0.717) is 5.92 Å². The summed E-state index contributed by atoms with van der Waals surface area (Å²) in [6.07, 6.45) is 2.21. The van der Waals surface area contributed by atoms with Gasteiger partial charge in [0.2, 0.25) is 5.91 Å². The molecule has 6 heteroatoms. The van der Waals surface area contributed by atoms with Crippen LogP contribution in [0.1, 0.15) is 43.7 Å². The van der Waals surface area contributed by atoms with Crippen LogP contribution < -0.4 is 5.32 Å². The fourth-order valence-corrected chi connectivity index (χ4v) is 4.32. The Hall–Kier alpha value is -4.06. The van der Waals surface area contributed by atoms with Crippen molar-refractivity contribution in [3.05, 3.63) is 84.1 Å². The molecule has 0 aliphatic heterocycles. The second-order valence-corrected chi connectivity index (χ2v) is 8.52. The van der Waals surface area contributed by atoms with Crippen LogP contribution in [0.5, 0.6) is 5.75 Å². The minimum Gasteiger partial charge on any atom is -0.506 e. The molecule has 0 saturated carbocycles. The number of carbonyl (C=O) groups is 2. The molecule has 3 N–H and O–H groups in total. The van der Waals surface area contributed by atoms with Gasteiger partial charge in [-0.15, -0.1) is 0 Å². The minimum atomic E-state index is -1.23. The summed E-state index contributed by atoms with van der Waals surface area (Å²) in [5, 5.41) is 22.5. The third-order valence-corrected chi connectivity index (χ3v) is 6.24. The molecule has 0 aliphatic carbocycles. The molecule has 0 fully saturated rings. The number of phenols is 1. The zero-order chi connectivity index (χ0) is 24.2. The zero-order valence-electron chi connectivity index (χ0n) is 19.1. The Bertz CT molecular complexity index is 1320. The molecule has 1 heterocycles. The number of phenolic OH excluding ortho intramolecular Hbond substituents is 1. The van der Waals surface area contributed by atoms with Crippen molar-refractivity contribution in [3.8, 4) is 16.9 Å². The minimum absolute atomic E-state index is 0.122. The molecule has 0 aliphatic rings. The zero-order valence-corrected chi connectivity index (χ0v) is 19.1. The standard InChI is InChI=1S/C28H27NO5/c1-3-17(2)28(22-16-34-25-7-5-4-6-21(22)25)19-10-8-18(9-11-19)20-12-13-24(30)23(14-20)29-26(31)15-27(32)33/h4-14,16-17,28,30H,3,15H2,1-2H3,(H,29,31)(H,32,33). The van der Waals surface area contributed by atoms with Gasteiger partial charge in [0, 0.05) is 16.9 Å². The number of hydrogen-bond donors (Lipinski definition) is 3. The average Bonchev–Trinajstić information content (AvgIpc) is 3.24. The van der Waals surface area contributed by atoms with Crippen molar-refractivity contribution in [2.45, 2.75) is 32.6 Å². The van der Waals surface area contributed by atoms with E-state index in [1.807, 2.05) is 36.6 Å². The van der Waals surface area contributed by atoms with Gasteiger partial charge in [0.15, 0.2) is 0 Å². The van der Waals surface area contributed by atoms with Crippen LogP contribution in [-0.4, -0.2) is 22.1 Å². The summed E-state index contributed by atoms with van der Waals surface area (Å²) in [6, 6.07) is 21.2. The molecule has 4 rings (SSSR count). The molecular weight excluding hydrogens is 430 g/mol. The van der Waals surface area contributed by atoms with Crippen molar-refractivity contribution in [2.24, 2.45) is 5.92 Å². The van der Waals surface area contributed by atoms with Crippen molar-refractivity contribution < 1.29 is 24.2 Å². The first kappa shape index (κ1) is 23.1. The van der Waals surface area contributed by atoms with E-state index < -0.39 is 18.3 Å². The molecule has 4 aromatic rings. The lowest BCUT2D eigenvalue weighted by Crippen LogP contribution is -2.16. The highest BCUT2D eigenvalue weighted by molar-refractivity contribution is 6.02. The maximum Gasteiger partial charge on any atom is 0.312 e. The Morgan fingerprint density at radius 2 is 1.71 bits per heavy atom. The van der Waals surface area contributed by atoms with Crippen LogP contribution >= 0.6 is 0 Å². The van der Waals surface area contributed by atoms with E-state index in [0.717, 1.165) is 28.5 Å². The summed E-state index contributed by atoms with van der Waals surface area (Å²) in [5.74, 6) is -1.48. The van der Waals surface area contributed by atoms with Gasteiger partial charge in [-0.2, -0.15) is 0 Å². The second kappa shape index (κ2) is 9.83. The molecule has 3 aromatic carbocycles. The molecule has 174 valence electrons. The molecule has 34 heavy (non-hydrogen) atoms. The Kier molecular flexibility index (Phi) is 6.68. The van der Waals surface area contributed by atoms with E-state index in [2.05, 4.69) is 37.4 Å². The number of carboxylic acids is 1. The smallest absolute Gasteiger partial charge is 0.312 e. The number of aliphatic carboxylic acids is 1. The Labute approximate surface area is 197 Å². The number of aromatic hydroxyl groups is 1. The number of benzene rings is 3. The molecule has 0 spiro atoms. The van der Waals surface area contributed by atoms with Crippen molar-refractivity contribution >= 4 is 28.5 Å². The fraction of sp³-hybridized carbons (Fsp3) is 0.214. The lowest BCUT2D eigenvalue weighted by molar-refractivity contribution is -0.139. The Morgan fingerprint density at radius 1 is 1.00 bits per heavy atom. The summed E-state index contributed by atoms with van der Waals surface area (Å²) in [7, 11) is 0. The van der Waals surface area contributed by atoms with Gasteiger partial charge < -0.3 is 19.9 Å². The Morgan fingerprint density at radius 3 is 2.41 bits per heavy atom. The highest BCUT2D eigenvalue weighted by Crippen LogP contribution is 2.39. The molecule has 0 saturated heterocycles. The number of para-hydroxylation sites is 1. The summed E-state index contributed by atoms with van der Waals surface area (Å²) >= 11 is 0. The van der Waals surface area contributed by atoms with Crippen LogP contribution in [0.15, 0.2) is 77.4 Å². The van der Waals surface area contributed by atoms with Crippen LogP contribution in [0.4, 0.5) is 5.69 Å². The monoisotopic (exact) mass is 457 g/mol. The van der Waals surface area contributed by atoms with E-state index in [1.54, 1.807) is 12.1 Å². The average molecular weight is 458 g/mol. The molecule has 0 bridgehead atoms. The summed E-state index contributed by atoms with van der Waals surface area (Å²) in [4.78, 5) is 22.6. The van der Waals surface area contributed by atoms with Crippen LogP contribution in [0.3, 0.4) is 0 Å². The predicted octanol–water partition coefficient (Wildman–Crippen LogP) is 6.40. The van der Waals surface area contributed by atoms with Crippen molar-refractivity contribution in [2.75, 3.05) is 5.32 Å². The van der Waals surface area contributed by atoms with Crippen LogP contribution in [0.25, 0.3) is 22.1 Å². The first-order valence-corrected chi connectivity index (χ1v) is 11.3. The van der Waals surface area contributed by atoms with E-state index in [9.17, 15) is 14.7 Å². The van der Waals surface area contributed by atoms with Crippen molar-refractivity contribution in [1.82, 2.24) is 0 Å². The molecule has 1 amide bonds. The van der Waals surface area contributed by atoms with Gasteiger partial charge in [-0.05, 0) is 40.8 Å². The van der Waals surface area contributed by atoms with Gasteiger partial charge in [-0.3, -0.25) is 9.59 Å². The van der Waals surface area contributed by atoms with Gasteiger partial charge in [-0.1, -0.05) is 68.8 Å². The number of anilines is 1. The maximum atomic E-state index is 11.8. The van der Waals surface area contributed by atoms with Gasteiger partial charge in [-0.25, -0.2) is 0 Å².